The molecular formula is C14H14FN3O3. The van der Waals surface area contributed by atoms with Crippen molar-refractivity contribution in [3.63, 3.8) is 0 Å². The maximum absolute atomic E-state index is 13.0. The molecule has 0 bridgehead atoms. The number of pyridine rings is 2. The number of rotatable bonds is 3. The Kier molecular flexibility index (Phi) is 4.02. The Bertz CT molecular complexity index is 704. The first-order valence-electron chi connectivity index (χ1n) is 6.08. The number of halogens is 1. The molecule has 0 unspecified atom stereocenters. The fraction of sp³-hybridized carbons (Fsp3) is 0.214. The number of aromatic nitrogens is 2. The van der Waals surface area contributed by atoms with E-state index in [0.29, 0.717) is 22.7 Å². The van der Waals surface area contributed by atoms with Crippen LogP contribution in [0.25, 0.3) is 0 Å². The molecule has 21 heavy (non-hydrogen) atoms. The molecule has 0 amide bonds. The van der Waals surface area contributed by atoms with E-state index in [0.717, 1.165) is 6.07 Å². The van der Waals surface area contributed by atoms with Gasteiger partial charge in [0.2, 0.25) is 11.8 Å². The molecule has 0 fully saturated rings. The topological polar surface area (TPSA) is 87.3 Å². The van der Waals surface area contributed by atoms with Crippen LogP contribution >= 0.6 is 0 Å². The van der Waals surface area contributed by atoms with E-state index in [1.807, 2.05) is 0 Å². The highest BCUT2D eigenvalue weighted by Crippen LogP contribution is 2.29. The molecule has 0 spiro atoms. The van der Waals surface area contributed by atoms with Crippen molar-refractivity contribution in [3.05, 3.63) is 41.1 Å². The van der Waals surface area contributed by atoms with E-state index in [4.69, 9.17) is 15.2 Å². The summed E-state index contributed by atoms with van der Waals surface area (Å²) in [6.07, 6.45) is 1.38. The van der Waals surface area contributed by atoms with Crippen molar-refractivity contribution in [2.45, 2.75) is 13.8 Å². The molecule has 0 radical (unpaired) electrons. The van der Waals surface area contributed by atoms with Crippen molar-refractivity contribution in [2.24, 2.45) is 0 Å². The first kappa shape index (κ1) is 14.7. The third-order valence-corrected chi connectivity index (χ3v) is 2.94. The van der Waals surface area contributed by atoms with Gasteiger partial charge < -0.3 is 15.2 Å². The minimum atomic E-state index is -0.616. The molecule has 2 rings (SSSR count). The zero-order valence-corrected chi connectivity index (χ0v) is 11.8. The third-order valence-electron chi connectivity index (χ3n) is 2.94. The molecule has 0 aliphatic rings. The predicted molar refractivity (Wildman–Crippen MR) is 73.7 cm³/mol. The van der Waals surface area contributed by atoms with Gasteiger partial charge in [-0.15, -0.1) is 0 Å². The minimum Gasteiger partial charge on any atom is -0.465 e. The van der Waals surface area contributed by atoms with Crippen LogP contribution in [-0.2, 0) is 4.74 Å². The number of methoxy groups -OCH3 is 1. The zero-order chi connectivity index (χ0) is 15.6. The number of nitrogen functional groups attached to an aromatic ring is 1. The second-order valence-electron chi connectivity index (χ2n) is 4.33. The zero-order valence-electron chi connectivity index (χ0n) is 11.8. The number of hydrogen-bond donors (Lipinski definition) is 1. The second-order valence-corrected chi connectivity index (χ2v) is 4.33. The van der Waals surface area contributed by atoms with Gasteiger partial charge >= 0.3 is 5.97 Å². The lowest BCUT2D eigenvalue weighted by Gasteiger charge is -2.13. The number of hydrogen-bond acceptors (Lipinski definition) is 6. The SMILES string of the molecule is COC(=O)c1c(Oc2ccc(F)nc2C)ncc(N)c1C. The van der Waals surface area contributed by atoms with Gasteiger partial charge in [0.15, 0.2) is 5.75 Å². The summed E-state index contributed by atoms with van der Waals surface area (Å²) < 4.78 is 23.3. The normalized spacial score (nSPS) is 10.3. The predicted octanol–water partition coefficient (Wildman–Crippen LogP) is 2.39. The van der Waals surface area contributed by atoms with E-state index in [2.05, 4.69) is 9.97 Å². The fourth-order valence-corrected chi connectivity index (χ4v) is 1.74. The lowest BCUT2D eigenvalue weighted by Crippen LogP contribution is -2.10. The van der Waals surface area contributed by atoms with Crippen LogP contribution in [0.3, 0.4) is 0 Å². The minimum absolute atomic E-state index is 0.0325. The number of carbonyl (C=O) groups excluding carboxylic acids is 1. The van der Waals surface area contributed by atoms with Gasteiger partial charge in [-0.1, -0.05) is 0 Å². The number of nitrogens with zero attached hydrogens (tertiary/aromatic N) is 2. The van der Waals surface area contributed by atoms with Crippen LogP contribution in [0, 0.1) is 19.8 Å². The van der Waals surface area contributed by atoms with Crippen molar-refractivity contribution in [2.75, 3.05) is 12.8 Å². The van der Waals surface area contributed by atoms with E-state index in [9.17, 15) is 9.18 Å². The van der Waals surface area contributed by atoms with E-state index in [-0.39, 0.29) is 11.4 Å². The Morgan fingerprint density at radius 3 is 2.67 bits per heavy atom. The van der Waals surface area contributed by atoms with Crippen LogP contribution in [0.4, 0.5) is 10.1 Å². The second kappa shape index (κ2) is 5.74. The molecule has 0 atom stereocenters. The monoisotopic (exact) mass is 291 g/mol. The quantitative estimate of drug-likeness (QED) is 0.690. The summed E-state index contributed by atoms with van der Waals surface area (Å²) in [5.74, 6) is -0.909. The smallest absolute Gasteiger partial charge is 0.343 e. The summed E-state index contributed by atoms with van der Waals surface area (Å²) in [5.41, 5.74) is 7.04. The average Bonchev–Trinajstić information content (AvgIpc) is 2.45. The van der Waals surface area contributed by atoms with Crippen LogP contribution in [0.15, 0.2) is 18.3 Å². The molecule has 0 aliphatic carbocycles. The van der Waals surface area contributed by atoms with Gasteiger partial charge in [-0.25, -0.2) is 14.8 Å². The van der Waals surface area contributed by atoms with Crippen LogP contribution in [0.1, 0.15) is 21.6 Å². The maximum atomic E-state index is 13.0. The van der Waals surface area contributed by atoms with E-state index in [1.54, 1.807) is 13.8 Å². The highest BCUT2D eigenvalue weighted by Gasteiger charge is 2.21. The maximum Gasteiger partial charge on any atom is 0.343 e. The molecule has 0 saturated carbocycles. The lowest BCUT2D eigenvalue weighted by molar-refractivity contribution is 0.0596. The van der Waals surface area contributed by atoms with Crippen molar-refractivity contribution >= 4 is 11.7 Å². The van der Waals surface area contributed by atoms with Crippen LogP contribution in [0.2, 0.25) is 0 Å². The summed E-state index contributed by atoms with van der Waals surface area (Å²) in [5, 5.41) is 0. The Balaban J connectivity index is 2.49. The van der Waals surface area contributed by atoms with Crippen molar-refractivity contribution < 1.29 is 18.7 Å². The van der Waals surface area contributed by atoms with Gasteiger partial charge in [0.25, 0.3) is 0 Å². The molecule has 2 N–H and O–H groups in total. The number of esters is 1. The van der Waals surface area contributed by atoms with Gasteiger partial charge in [0.05, 0.1) is 24.7 Å². The van der Waals surface area contributed by atoms with Gasteiger partial charge in [0.1, 0.15) is 5.56 Å². The van der Waals surface area contributed by atoms with Crippen LogP contribution in [0.5, 0.6) is 11.6 Å². The van der Waals surface area contributed by atoms with E-state index >= 15 is 0 Å². The average molecular weight is 291 g/mol. The Morgan fingerprint density at radius 1 is 1.33 bits per heavy atom. The summed E-state index contributed by atoms with van der Waals surface area (Å²) in [7, 11) is 1.25. The van der Waals surface area contributed by atoms with Crippen molar-refractivity contribution in [3.8, 4) is 11.6 Å². The van der Waals surface area contributed by atoms with E-state index in [1.165, 1.54) is 19.4 Å². The molecule has 0 aromatic carbocycles. The van der Waals surface area contributed by atoms with Gasteiger partial charge in [-0.3, -0.25) is 0 Å². The Morgan fingerprint density at radius 2 is 2.05 bits per heavy atom. The van der Waals surface area contributed by atoms with Crippen molar-refractivity contribution in [1.82, 2.24) is 9.97 Å². The Hall–Kier alpha value is -2.70. The molecule has 6 nitrogen and oxygen atoms in total. The molecule has 7 heteroatoms. The molecule has 0 aliphatic heterocycles. The van der Waals surface area contributed by atoms with E-state index < -0.39 is 11.9 Å². The van der Waals surface area contributed by atoms with Gasteiger partial charge in [0, 0.05) is 0 Å². The molecular weight excluding hydrogens is 277 g/mol. The fourth-order valence-electron chi connectivity index (χ4n) is 1.74. The molecule has 2 heterocycles. The number of aryl methyl sites for hydroxylation is 1. The molecule has 0 saturated heterocycles. The largest absolute Gasteiger partial charge is 0.465 e. The summed E-state index contributed by atoms with van der Waals surface area (Å²) in [6, 6.07) is 2.57. The summed E-state index contributed by atoms with van der Waals surface area (Å²) >= 11 is 0. The first-order valence-corrected chi connectivity index (χ1v) is 6.08. The first-order chi connectivity index (χ1) is 9.93. The highest BCUT2D eigenvalue weighted by molar-refractivity contribution is 5.94. The molecule has 2 aromatic heterocycles. The summed E-state index contributed by atoms with van der Waals surface area (Å²) in [6.45, 7) is 3.24. The lowest BCUT2D eigenvalue weighted by atomic mass is 10.1. The molecule has 110 valence electrons. The number of ether oxygens (including phenoxy) is 2. The number of carbonyl (C=O) groups is 1. The Labute approximate surface area is 120 Å². The van der Waals surface area contributed by atoms with Crippen molar-refractivity contribution in [1.29, 1.82) is 0 Å². The number of nitrogens with two attached hydrogens (primary N) is 1. The standard InChI is InChI=1S/C14H14FN3O3/c1-7-9(16)6-17-13(12(7)14(19)20-3)21-10-4-5-11(15)18-8(10)2/h4-6H,16H2,1-3H3. The summed E-state index contributed by atoms with van der Waals surface area (Å²) in [4.78, 5) is 19.5. The third kappa shape index (κ3) is 2.91. The van der Waals surface area contributed by atoms with Gasteiger partial charge in [-0.05, 0) is 31.5 Å². The molecule has 2 aromatic rings. The van der Waals surface area contributed by atoms with Gasteiger partial charge in [-0.2, -0.15) is 4.39 Å². The van der Waals surface area contributed by atoms with Crippen LogP contribution in [-0.4, -0.2) is 23.0 Å². The number of anilines is 1. The highest BCUT2D eigenvalue weighted by atomic mass is 19.1. The van der Waals surface area contributed by atoms with Crippen LogP contribution < -0.4 is 10.5 Å².